The number of nitrogens with one attached hydrogen (secondary N) is 1. The summed E-state index contributed by atoms with van der Waals surface area (Å²) in [5.41, 5.74) is -0.617. The molecule has 2 unspecified atom stereocenters. The van der Waals surface area contributed by atoms with Gasteiger partial charge in [-0.3, -0.25) is 0 Å². The maximum Gasteiger partial charge on any atom is 0.393 e. The van der Waals surface area contributed by atoms with Crippen LogP contribution >= 0.6 is 0 Å². The van der Waals surface area contributed by atoms with Gasteiger partial charge in [0.2, 0.25) is 0 Å². The first-order chi connectivity index (χ1) is 7.76. The molecule has 0 aromatic heterocycles. The van der Waals surface area contributed by atoms with Gasteiger partial charge in [-0.25, -0.2) is 0 Å². The predicted octanol–water partition coefficient (Wildman–Crippen LogP) is 3.25. The number of nitriles is 1. The van der Waals surface area contributed by atoms with Crippen LogP contribution in [0.25, 0.3) is 0 Å². The third-order valence-electron chi connectivity index (χ3n) is 3.30. The zero-order valence-electron chi connectivity index (χ0n) is 10.3. The maximum absolute atomic E-state index is 12.8. The van der Waals surface area contributed by atoms with E-state index >= 15 is 0 Å². The van der Waals surface area contributed by atoms with E-state index in [4.69, 9.17) is 5.26 Å². The summed E-state index contributed by atoms with van der Waals surface area (Å²) < 4.78 is 38.4. The van der Waals surface area contributed by atoms with Gasteiger partial charge in [0.05, 0.1) is 17.4 Å². The van der Waals surface area contributed by atoms with E-state index in [1.54, 1.807) is 13.8 Å². The minimum absolute atomic E-state index is 0.203. The van der Waals surface area contributed by atoms with Crippen LogP contribution in [-0.2, 0) is 0 Å². The summed E-state index contributed by atoms with van der Waals surface area (Å²) in [4.78, 5) is 0. The Bertz CT molecular complexity index is 291. The average Bonchev–Trinajstić information content (AvgIpc) is 2.26. The molecular weight excluding hydrogens is 229 g/mol. The average molecular weight is 248 g/mol. The van der Waals surface area contributed by atoms with Gasteiger partial charge in [0.1, 0.15) is 0 Å². The number of hydrogen-bond donors (Lipinski definition) is 1. The van der Waals surface area contributed by atoms with Crippen molar-refractivity contribution in [2.24, 2.45) is 11.3 Å². The normalized spacial score (nSPS) is 26.6. The largest absolute Gasteiger partial charge is 0.393 e. The third-order valence-corrected chi connectivity index (χ3v) is 3.30. The van der Waals surface area contributed by atoms with Crippen molar-refractivity contribution >= 4 is 0 Å². The number of halogens is 3. The van der Waals surface area contributed by atoms with Crippen LogP contribution in [0.4, 0.5) is 13.2 Å². The van der Waals surface area contributed by atoms with Crippen LogP contribution in [0.15, 0.2) is 0 Å². The van der Waals surface area contributed by atoms with Gasteiger partial charge >= 0.3 is 6.18 Å². The maximum atomic E-state index is 12.8. The molecule has 0 heterocycles. The van der Waals surface area contributed by atoms with Crippen molar-refractivity contribution in [3.63, 3.8) is 0 Å². The summed E-state index contributed by atoms with van der Waals surface area (Å²) >= 11 is 0. The van der Waals surface area contributed by atoms with Crippen LogP contribution in [0.2, 0.25) is 0 Å². The molecule has 1 aliphatic carbocycles. The van der Waals surface area contributed by atoms with Gasteiger partial charge in [-0.1, -0.05) is 12.8 Å². The van der Waals surface area contributed by atoms with E-state index in [0.29, 0.717) is 19.4 Å². The number of rotatable bonds is 3. The summed E-state index contributed by atoms with van der Waals surface area (Å²) in [5, 5.41) is 11.8. The number of alkyl halides is 3. The summed E-state index contributed by atoms with van der Waals surface area (Å²) in [6.07, 6.45) is -1.91. The Hall–Kier alpha value is -0.760. The molecule has 0 spiro atoms. The molecular formula is C12H19F3N2. The van der Waals surface area contributed by atoms with Gasteiger partial charge in [0.15, 0.2) is 0 Å². The highest BCUT2D eigenvalue weighted by Gasteiger charge is 2.45. The lowest BCUT2D eigenvalue weighted by molar-refractivity contribution is -0.189. The lowest BCUT2D eigenvalue weighted by Crippen LogP contribution is -2.47. The van der Waals surface area contributed by atoms with Crippen LogP contribution in [-0.4, -0.2) is 18.8 Å². The quantitative estimate of drug-likeness (QED) is 0.832. The fourth-order valence-corrected chi connectivity index (χ4v) is 2.19. The minimum Gasteiger partial charge on any atom is -0.312 e. The highest BCUT2D eigenvalue weighted by molar-refractivity contribution is 4.95. The van der Waals surface area contributed by atoms with Gasteiger partial charge in [-0.2, -0.15) is 18.4 Å². The first-order valence-electron chi connectivity index (χ1n) is 5.97. The first kappa shape index (κ1) is 14.3. The molecule has 1 N–H and O–H groups in total. The second kappa shape index (κ2) is 5.26. The molecule has 1 saturated carbocycles. The van der Waals surface area contributed by atoms with E-state index in [9.17, 15) is 13.2 Å². The van der Waals surface area contributed by atoms with Crippen molar-refractivity contribution in [1.82, 2.24) is 5.32 Å². The van der Waals surface area contributed by atoms with Gasteiger partial charge < -0.3 is 5.32 Å². The van der Waals surface area contributed by atoms with Crippen molar-refractivity contribution < 1.29 is 13.2 Å². The van der Waals surface area contributed by atoms with E-state index in [1.807, 2.05) is 0 Å². The van der Waals surface area contributed by atoms with E-state index in [1.165, 1.54) is 0 Å². The zero-order chi connectivity index (χ0) is 13.1. The summed E-state index contributed by atoms with van der Waals surface area (Å²) in [7, 11) is 0. The molecule has 0 bridgehead atoms. The fraction of sp³-hybridized carbons (Fsp3) is 0.917. The van der Waals surface area contributed by atoms with E-state index in [-0.39, 0.29) is 6.42 Å². The van der Waals surface area contributed by atoms with Crippen molar-refractivity contribution in [1.29, 1.82) is 5.26 Å². The van der Waals surface area contributed by atoms with Crippen LogP contribution in [0, 0.1) is 22.7 Å². The van der Waals surface area contributed by atoms with Crippen LogP contribution in [0.5, 0.6) is 0 Å². The van der Waals surface area contributed by atoms with Crippen LogP contribution in [0.3, 0.4) is 0 Å². The van der Waals surface area contributed by atoms with Gasteiger partial charge in [0, 0.05) is 12.6 Å². The van der Waals surface area contributed by atoms with E-state index in [0.717, 1.165) is 6.42 Å². The molecule has 1 rings (SSSR count). The number of nitrogens with zero attached hydrogens (tertiary/aromatic N) is 1. The molecule has 17 heavy (non-hydrogen) atoms. The molecule has 2 nitrogen and oxygen atoms in total. The highest BCUT2D eigenvalue weighted by atomic mass is 19.4. The Morgan fingerprint density at radius 2 is 1.82 bits per heavy atom. The van der Waals surface area contributed by atoms with Crippen molar-refractivity contribution in [3.05, 3.63) is 0 Å². The molecule has 5 heteroatoms. The van der Waals surface area contributed by atoms with Crippen molar-refractivity contribution in [2.45, 2.75) is 51.7 Å². The van der Waals surface area contributed by atoms with Crippen molar-refractivity contribution in [2.75, 3.05) is 6.54 Å². The molecule has 1 fully saturated rings. The lowest BCUT2D eigenvalue weighted by atomic mass is 9.83. The molecule has 2 atom stereocenters. The van der Waals surface area contributed by atoms with E-state index < -0.39 is 23.6 Å². The molecule has 0 aromatic carbocycles. The van der Waals surface area contributed by atoms with Gasteiger partial charge in [-0.15, -0.1) is 0 Å². The standard InChI is InChI=1S/C12H19F3N2/c1-11(2,7-16)8-17-10-6-4-3-5-9(10)12(13,14)15/h9-10,17H,3-6,8H2,1-2H3. The monoisotopic (exact) mass is 248 g/mol. The second-order valence-electron chi connectivity index (χ2n) is 5.42. The highest BCUT2D eigenvalue weighted by Crippen LogP contribution is 2.37. The SMILES string of the molecule is CC(C)(C#N)CNC1CCCCC1C(F)(F)F. The minimum atomic E-state index is -4.13. The molecule has 0 amide bonds. The van der Waals surface area contributed by atoms with Crippen LogP contribution in [0.1, 0.15) is 39.5 Å². The molecule has 0 saturated heterocycles. The predicted molar refractivity (Wildman–Crippen MR) is 59.2 cm³/mol. The van der Waals surface area contributed by atoms with Crippen molar-refractivity contribution in [3.8, 4) is 6.07 Å². The Labute approximate surface area is 100 Å². The van der Waals surface area contributed by atoms with E-state index in [2.05, 4.69) is 11.4 Å². The fourth-order valence-electron chi connectivity index (χ4n) is 2.19. The topological polar surface area (TPSA) is 35.8 Å². The van der Waals surface area contributed by atoms with Crippen LogP contribution < -0.4 is 5.32 Å². The summed E-state index contributed by atoms with van der Waals surface area (Å²) in [5.74, 6) is -1.26. The Morgan fingerprint density at radius 3 is 2.35 bits per heavy atom. The Morgan fingerprint density at radius 1 is 1.24 bits per heavy atom. The Balaban J connectivity index is 2.58. The smallest absolute Gasteiger partial charge is 0.312 e. The number of hydrogen-bond acceptors (Lipinski definition) is 2. The summed E-state index contributed by atoms with van der Waals surface area (Å²) in [6.45, 7) is 3.76. The van der Waals surface area contributed by atoms with Gasteiger partial charge in [0.25, 0.3) is 0 Å². The first-order valence-corrected chi connectivity index (χ1v) is 5.97. The summed E-state index contributed by atoms with van der Waals surface area (Å²) in [6, 6.07) is 1.56. The molecule has 1 aliphatic rings. The lowest BCUT2D eigenvalue weighted by Gasteiger charge is -2.35. The van der Waals surface area contributed by atoms with Gasteiger partial charge in [-0.05, 0) is 26.7 Å². The Kier molecular flexibility index (Phi) is 4.42. The molecule has 0 radical (unpaired) electrons. The molecule has 98 valence electrons. The molecule has 0 aromatic rings. The second-order valence-corrected chi connectivity index (χ2v) is 5.42. The molecule has 0 aliphatic heterocycles. The third kappa shape index (κ3) is 4.19. The zero-order valence-corrected chi connectivity index (χ0v) is 10.3.